The molecule has 0 atom stereocenters. The van der Waals surface area contributed by atoms with Gasteiger partial charge in [-0.3, -0.25) is 10.1 Å². The predicted octanol–water partition coefficient (Wildman–Crippen LogP) is 4.05. The van der Waals surface area contributed by atoms with Crippen molar-refractivity contribution >= 4 is 35.1 Å². The number of nitrogens with one attached hydrogen (secondary N) is 2. The van der Waals surface area contributed by atoms with Gasteiger partial charge >= 0.3 is 6.03 Å². The summed E-state index contributed by atoms with van der Waals surface area (Å²) in [5.41, 5.74) is 0.830. The normalized spacial score (nSPS) is 10.4. The molecule has 0 heterocycles. The quantitative estimate of drug-likeness (QED) is 0.630. The Morgan fingerprint density at radius 3 is 2.79 bits per heavy atom. The first-order chi connectivity index (χ1) is 11.5. The van der Waals surface area contributed by atoms with E-state index in [-0.39, 0.29) is 16.4 Å². The fourth-order valence-corrected chi connectivity index (χ4v) is 2.04. The zero-order valence-corrected chi connectivity index (χ0v) is 13.4. The highest BCUT2D eigenvalue weighted by Crippen LogP contribution is 2.27. The van der Waals surface area contributed by atoms with E-state index in [0.29, 0.717) is 5.75 Å². The van der Waals surface area contributed by atoms with Crippen LogP contribution in [0, 0.1) is 10.1 Å². The van der Waals surface area contributed by atoms with Crippen LogP contribution in [0.4, 0.5) is 16.2 Å². The Hall–Kier alpha value is -3.06. The molecule has 7 nitrogen and oxygen atoms in total. The van der Waals surface area contributed by atoms with E-state index in [9.17, 15) is 14.9 Å². The van der Waals surface area contributed by atoms with E-state index in [2.05, 4.69) is 10.6 Å². The second-order valence-electron chi connectivity index (χ2n) is 4.63. The van der Waals surface area contributed by atoms with E-state index in [1.165, 1.54) is 24.4 Å². The molecule has 0 aromatic heterocycles. The van der Waals surface area contributed by atoms with Crippen LogP contribution in [0.25, 0.3) is 6.08 Å². The third-order valence-corrected chi connectivity index (χ3v) is 3.30. The molecule has 124 valence electrons. The number of carbonyl (C=O) groups is 1. The number of halogens is 1. The van der Waals surface area contributed by atoms with Crippen LogP contribution in [0.15, 0.2) is 48.7 Å². The summed E-state index contributed by atoms with van der Waals surface area (Å²) in [6.07, 6.45) is 3.14. The smallest absolute Gasteiger partial charge is 0.323 e. The van der Waals surface area contributed by atoms with Gasteiger partial charge in [-0.15, -0.1) is 0 Å². The molecule has 2 rings (SSSR count). The van der Waals surface area contributed by atoms with Crippen LogP contribution in [0.3, 0.4) is 0 Å². The number of hydrogen-bond donors (Lipinski definition) is 2. The Kier molecular flexibility index (Phi) is 5.75. The summed E-state index contributed by atoms with van der Waals surface area (Å²) in [5, 5.41) is 15.8. The average molecular weight is 348 g/mol. The van der Waals surface area contributed by atoms with Crippen LogP contribution in [-0.2, 0) is 0 Å². The molecule has 8 heteroatoms. The molecule has 2 aromatic carbocycles. The third kappa shape index (κ3) is 4.72. The Balaban J connectivity index is 1.97. The zero-order valence-electron chi connectivity index (χ0n) is 12.7. The van der Waals surface area contributed by atoms with Gasteiger partial charge in [-0.25, -0.2) is 4.79 Å². The molecule has 0 unspecified atom stereocenters. The minimum Gasteiger partial charge on any atom is -0.497 e. The van der Waals surface area contributed by atoms with Crippen LogP contribution in [-0.4, -0.2) is 18.1 Å². The molecule has 2 aromatic rings. The van der Waals surface area contributed by atoms with Gasteiger partial charge in [-0.05, 0) is 35.9 Å². The fourth-order valence-electron chi connectivity index (χ4n) is 1.86. The van der Waals surface area contributed by atoms with Crippen molar-refractivity contribution in [1.82, 2.24) is 5.32 Å². The number of urea groups is 1. The molecule has 24 heavy (non-hydrogen) atoms. The van der Waals surface area contributed by atoms with E-state index in [4.69, 9.17) is 16.3 Å². The van der Waals surface area contributed by atoms with Crippen molar-refractivity contribution in [1.29, 1.82) is 0 Å². The summed E-state index contributed by atoms with van der Waals surface area (Å²) in [6.45, 7) is 0. The van der Waals surface area contributed by atoms with Crippen molar-refractivity contribution < 1.29 is 14.5 Å². The first-order valence-corrected chi connectivity index (χ1v) is 7.19. The lowest BCUT2D eigenvalue weighted by atomic mass is 10.2. The Labute approximate surface area is 143 Å². The van der Waals surface area contributed by atoms with Crippen molar-refractivity contribution in [2.24, 2.45) is 0 Å². The summed E-state index contributed by atoms with van der Waals surface area (Å²) >= 11 is 5.71. The first kappa shape index (κ1) is 17.3. The minimum atomic E-state index is -0.617. The van der Waals surface area contributed by atoms with Gasteiger partial charge < -0.3 is 15.4 Å². The number of hydrogen-bond acceptors (Lipinski definition) is 4. The van der Waals surface area contributed by atoms with Crippen molar-refractivity contribution in [3.63, 3.8) is 0 Å². The highest BCUT2D eigenvalue weighted by atomic mass is 35.5. The molecule has 0 fully saturated rings. The second-order valence-corrected chi connectivity index (χ2v) is 5.04. The average Bonchev–Trinajstić information content (AvgIpc) is 2.56. The van der Waals surface area contributed by atoms with Crippen LogP contribution in [0.1, 0.15) is 5.56 Å². The number of amides is 2. The van der Waals surface area contributed by atoms with Gasteiger partial charge in [-0.1, -0.05) is 23.7 Å². The summed E-state index contributed by atoms with van der Waals surface area (Å²) in [5.74, 6) is 0.704. The zero-order chi connectivity index (χ0) is 17.5. The summed E-state index contributed by atoms with van der Waals surface area (Å²) in [4.78, 5) is 22.0. The molecule has 0 bridgehead atoms. The van der Waals surface area contributed by atoms with E-state index >= 15 is 0 Å². The highest BCUT2D eigenvalue weighted by molar-refractivity contribution is 6.32. The van der Waals surface area contributed by atoms with Crippen LogP contribution in [0.2, 0.25) is 5.02 Å². The summed E-state index contributed by atoms with van der Waals surface area (Å²) in [7, 11) is 1.57. The lowest BCUT2D eigenvalue weighted by Crippen LogP contribution is -2.23. The number of carbonyl (C=O) groups excluding carboxylic acids is 1. The molecular weight excluding hydrogens is 334 g/mol. The molecule has 2 amide bonds. The largest absolute Gasteiger partial charge is 0.497 e. The first-order valence-electron chi connectivity index (χ1n) is 6.81. The van der Waals surface area contributed by atoms with Gasteiger partial charge in [0.2, 0.25) is 0 Å². The van der Waals surface area contributed by atoms with E-state index < -0.39 is 11.0 Å². The lowest BCUT2D eigenvalue weighted by molar-refractivity contribution is -0.384. The lowest BCUT2D eigenvalue weighted by Gasteiger charge is -2.05. The number of nitro groups is 1. The van der Waals surface area contributed by atoms with E-state index in [1.807, 2.05) is 18.2 Å². The van der Waals surface area contributed by atoms with Gasteiger partial charge in [0.25, 0.3) is 5.69 Å². The van der Waals surface area contributed by atoms with Gasteiger partial charge in [0.15, 0.2) is 0 Å². The maximum atomic E-state index is 11.8. The molecule has 2 N–H and O–H groups in total. The molecule has 0 aliphatic rings. The molecule has 0 aliphatic heterocycles. The van der Waals surface area contributed by atoms with Gasteiger partial charge in [0.05, 0.1) is 12.0 Å². The van der Waals surface area contributed by atoms with Crippen LogP contribution in [0.5, 0.6) is 5.75 Å². The standard InChI is InChI=1S/C16H14ClN3O4/c1-24-13-4-2-3-11(9-13)7-8-18-16(21)19-12-5-6-14(17)15(10-12)20(22)23/h2-10H,1H3,(H2,18,19,21)/b8-7+. The maximum absolute atomic E-state index is 11.8. The number of nitro benzene ring substituents is 1. The van der Waals surface area contributed by atoms with Crippen molar-refractivity contribution in [3.05, 3.63) is 69.4 Å². The van der Waals surface area contributed by atoms with Crippen molar-refractivity contribution in [3.8, 4) is 5.75 Å². The molecule has 0 radical (unpaired) electrons. The number of methoxy groups -OCH3 is 1. The molecule has 0 aliphatic carbocycles. The molecule has 0 spiro atoms. The number of rotatable bonds is 5. The Bertz CT molecular complexity index is 793. The van der Waals surface area contributed by atoms with Crippen LogP contribution < -0.4 is 15.4 Å². The second kappa shape index (κ2) is 7.98. The minimum absolute atomic E-state index is 0.00359. The summed E-state index contributed by atoms with van der Waals surface area (Å²) in [6, 6.07) is 10.8. The van der Waals surface area contributed by atoms with Crippen molar-refractivity contribution in [2.45, 2.75) is 0 Å². The molecular formula is C16H14ClN3O4. The van der Waals surface area contributed by atoms with Crippen molar-refractivity contribution in [2.75, 3.05) is 12.4 Å². The maximum Gasteiger partial charge on any atom is 0.323 e. The highest BCUT2D eigenvalue weighted by Gasteiger charge is 2.13. The fraction of sp³-hybridized carbons (Fsp3) is 0.0625. The SMILES string of the molecule is COc1cccc(/C=C/NC(=O)Nc2ccc(Cl)c([N+](=O)[O-])c2)c1. The number of nitrogens with zero attached hydrogens (tertiary/aromatic N) is 1. The third-order valence-electron chi connectivity index (χ3n) is 2.98. The number of ether oxygens (including phenoxy) is 1. The van der Waals surface area contributed by atoms with Crippen LogP contribution >= 0.6 is 11.6 Å². The molecule has 0 saturated heterocycles. The Morgan fingerprint density at radius 2 is 2.08 bits per heavy atom. The van der Waals surface area contributed by atoms with E-state index in [1.54, 1.807) is 19.3 Å². The topological polar surface area (TPSA) is 93.5 Å². The molecule has 0 saturated carbocycles. The van der Waals surface area contributed by atoms with E-state index in [0.717, 1.165) is 5.56 Å². The van der Waals surface area contributed by atoms with Gasteiger partial charge in [0, 0.05) is 18.0 Å². The van der Waals surface area contributed by atoms with Gasteiger partial charge in [0.1, 0.15) is 10.8 Å². The van der Waals surface area contributed by atoms with Gasteiger partial charge in [-0.2, -0.15) is 0 Å². The summed E-state index contributed by atoms with van der Waals surface area (Å²) < 4.78 is 5.10. The monoisotopic (exact) mass is 347 g/mol. The Morgan fingerprint density at radius 1 is 1.29 bits per heavy atom. The predicted molar refractivity (Wildman–Crippen MR) is 92.3 cm³/mol. The number of anilines is 1. The number of benzene rings is 2.